The molecule has 0 aliphatic carbocycles. The number of ether oxygens (including phenoxy) is 2. The van der Waals surface area contributed by atoms with Crippen LogP contribution in [0.5, 0.6) is 0 Å². The number of aromatic nitrogens is 2. The van der Waals surface area contributed by atoms with Crippen molar-refractivity contribution in [3.8, 4) is 0 Å². The van der Waals surface area contributed by atoms with Crippen molar-refractivity contribution in [3.63, 3.8) is 0 Å². The number of pyridine rings is 2. The Morgan fingerprint density at radius 1 is 1.20 bits per heavy atom. The van der Waals surface area contributed by atoms with Crippen LogP contribution >= 0.6 is 0 Å². The molecule has 4 heterocycles. The van der Waals surface area contributed by atoms with Crippen LogP contribution in [0.15, 0.2) is 30.5 Å². The van der Waals surface area contributed by atoms with Crippen molar-refractivity contribution in [1.82, 2.24) is 19.8 Å². The third-order valence-electron chi connectivity index (χ3n) is 6.10. The van der Waals surface area contributed by atoms with Gasteiger partial charge >= 0.3 is 6.09 Å². The first kappa shape index (κ1) is 24.3. The molecule has 0 saturated carbocycles. The normalized spacial score (nSPS) is 17.2. The fraction of sp³-hybridized carbons (Fsp3) is 0.417. The van der Waals surface area contributed by atoms with E-state index in [9.17, 15) is 9.59 Å². The van der Waals surface area contributed by atoms with E-state index < -0.39 is 12.0 Å². The summed E-state index contributed by atoms with van der Waals surface area (Å²) in [4.78, 5) is 37.1. The monoisotopic (exact) mass is 479 g/mol. The Balaban J connectivity index is 1.43. The first-order chi connectivity index (χ1) is 16.9. The van der Waals surface area contributed by atoms with Gasteiger partial charge in [0.1, 0.15) is 29.6 Å². The Hall–Kier alpha value is -3.86. The van der Waals surface area contributed by atoms with Gasteiger partial charge in [-0.25, -0.2) is 9.78 Å². The van der Waals surface area contributed by atoms with Gasteiger partial charge in [-0.1, -0.05) is 6.07 Å². The van der Waals surface area contributed by atoms with Gasteiger partial charge in [0.2, 0.25) is 0 Å². The van der Waals surface area contributed by atoms with Crippen molar-refractivity contribution in [2.24, 2.45) is 0 Å². The summed E-state index contributed by atoms with van der Waals surface area (Å²) >= 11 is 0. The summed E-state index contributed by atoms with van der Waals surface area (Å²) in [5.74, 6) is 0.388. The summed E-state index contributed by atoms with van der Waals surface area (Å²) in [7, 11) is 1.54. The molecule has 0 spiro atoms. The average molecular weight is 480 g/mol. The van der Waals surface area contributed by atoms with Crippen LogP contribution in [0.2, 0.25) is 0 Å². The van der Waals surface area contributed by atoms with Gasteiger partial charge in [-0.05, 0) is 49.1 Å². The van der Waals surface area contributed by atoms with Gasteiger partial charge in [0.25, 0.3) is 5.91 Å². The number of anilines is 1. The Bertz CT molecular complexity index is 1150. The molecule has 4 rings (SSSR count). The molecule has 2 amide bonds. The minimum absolute atomic E-state index is 0.0616. The summed E-state index contributed by atoms with van der Waals surface area (Å²) in [5, 5.41) is 19.3. The molecule has 1 fully saturated rings. The highest BCUT2D eigenvalue weighted by molar-refractivity contribution is 6.08. The molecule has 0 bridgehead atoms. The number of nitrogens with one attached hydrogen (secondary N) is 3. The molecule has 2 aliphatic heterocycles. The van der Waals surface area contributed by atoms with Crippen LogP contribution in [-0.4, -0.2) is 76.3 Å². The van der Waals surface area contributed by atoms with E-state index in [2.05, 4.69) is 15.3 Å². The smallest absolute Gasteiger partial charge is 0.410 e. The zero-order valence-corrected chi connectivity index (χ0v) is 19.8. The maximum atomic E-state index is 12.9. The zero-order chi connectivity index (χ0) is 24.9. The molecule has 2 aromatic heterocycles. The highest BCUT2D eigenvalue weighted by Gasteiger charge is 2.29. The minimum atomic E-state index is -0.439. The second kappa shape index (κ2) is 10.6. The van der Waals surface area contributed by atoms with E-state index in [0.717, 1.165) is 17.5 Å². The van der Waals surface area contributed by atoms with E-state index in [0.29, 0.717) is 49.9 Å². The quantitative estimate of drug-likeness (QED) is 0.328. The summed E-state index contributed by atoms with van der Waals surface area (Å²) in [6.45, 7) is 3.34. The number of hydrogen-bond donors (Lipinski definition) is 3. The van der Waals surface area contributed by atoms with E-state index in [-0.39, 0.29) is 24.2 Å². The number of carbonyl (C=O) groups excluding carboxylic acids is 2. The van der Waals surface area contributed by atoms with E-state index in [1.54, 1.807) is 47.4 Å². The van der Waals surface area contributed by atoms with E-state index >= 15 is 0 Å². The number of fused-ring (bicyclic) bond motifs is 1. The average Bonchev–Trinajstić information content (AvgIpc) is 3.20. The lowest BCUT2D eigenvalue weighted by molar-refractivity contribution is 0.0688. The van der Waals surface area contributed by atoms with Crippen LogP contribution in [0.4, 0.5) is 10.6 Å². The Morgan fingerprint density at radius 3 is 2.77 bits per heavy atom. The van der Waals surface area contributed by atoms with Crippen LogP contribution in [0.25, 0.3) is 0 Å². The largest absolute Gasteiger partial charge is 0.447 e. The molecular formula is C24H29N7O4. The Kier molecular flexibility index (Phi) is 7.35. The van der Waals surface area contributed by atoms with Crippen molar-refractivity contribution in [1.29, 1.82) is 10.8 Å². The van der Waals surface area contributed by atoms with E-state index in [1.807, 2.05) is 6.92 Å². The standard InChI is InChI=1S/C24H29N7O4/c1-15-6-7-20(25)31(15)22(26)18-4-3-5-21(28-18)29-23(32)19-12-17-14-30(9-8-16(17)13-27-19)24(33)35-11-10-34-2/h3-5,12-13,15,25-26H,6-11,14H2,1-2H3,(H,28,29,32). The molecule has 1 unspecified atom stereocenters. The first-order valence-corrected chi connectivity index (χ1v) is 11.5. The molecule has 11 nitrogen and oxygen atoms in total. The number of carbonyl (C=O) groups is 2. The van der Waals surface area contributed by atoms with Gasteiger partial charge in [0, 0.05) is 38.9 Å². The molecule has 0 aromatic carbocycles. The van der Waals surface area contributed by atoms with Crippen molar-refractivity contribution in [2.45, 2.75) is 38.8 Å². The summed E-state index contributed by atoms with van der Waals surface area (Å²) in [6.07, 6.45) is 3.33. The fourth-order valence-corrected chi connectivity index (χ4v) is 4.18. The van der Waals surface area contributed by atoms with Gasteiger partial charge in [-0.2, -0.15) is 0 Å². The molecule has 35 heavy (non-hydrogen) atoms. The highest BCUT2D eigenvalue weighted by atomic mass is 16.6. The molecular weight excluding hydrogens is 450 g/mol. The van der Waals surface area contributed by atoms with Crippen molar-refractivity contribution in [2.75, 3.05) is 32.2 Å². The number of methoxy groups -OCH3 is 1. The van der Waals surface area contributed by atoms with Crippen molar-refractivity contribution >= 4 is 29.5 Å². The second-order valence-electron chi connectivity index (χ2n) is 8.53. The van der Waals surface area contributed by atoms with Crippen LogP contribution in [0.3, 0.4) is 0 Å². The first-order valence-electron chi connectivity index (χ1n) is 11.5. The maximum Gasteiger partial charge on any atom is 0.410 e. The molecule has 0 radical (unpaired) electrons. The Labute approximate surface area is 203 Å². The van der Waals surface area contributed by atoms with Crippen molar-refractivity contribution < 1.29 is 19.1 Å². The predicted octanol–water partition coefficient (Wildman–Crippen LogP) is 2.66. The highest BCUT2D eigenvalue weighted by Crippen LogP contribution is 2.22. The number of likely N-dealkylation sites (tertiary alicyclic amines) is 1. The number of rotatable bonds is 6. The number of hydrogen-bond acceptors (Lipinski definition) is 8. The van der Waals surface area contributed by atoms with E-state index in [4.69, 9.17) is 20.3 Å². The number of nitrogens with zero attached hydrogens (tertiary/aromatic N) is 4. The summed E-state index contributed by atoms with van der Waals surface area (Å²) in [6, 6.07) is 6.78. The molecule has 2 aromatic rings. The predicted molar refractivity (Wildman–Crippen MR) is 129 cm³/mol. The van der Waals surface area contributed by atoms with Crippen LogP contribution < -0.4 is 5.32 Å². The molecule has 1 saturated heterocycles. The number of amides is 2. The van der Waals surface area contributed by atoms with Crippen molar-refractivity contribution in [3.05, 3.63) is 53.0 Å². The molecule has 2 aliphatic rings. The molecule has 11 heteroatoms. The van der Waals surface area contributed by atoms with Gasteiger partial charge in [0.15, 0.2) is 5.84 Å². The molecule has 184 valence electrons. The van der Waals surface area contributed by atoms with Gasteiger partial charge < -0.3 is 24.6 Å². The maximum absolute atomic E-state index is 12.9. The molecule has 3 N–H and O–H groups in total. The molecule has 1 atom stereocenters. The Morgan fingerprint density at radius 2 is 2.03 bits per heavy atom. The van der Waals surface area contributed by atoms with Gasteiger partial charge in [-0.15, -0.1) is 0 Å². The number of amidine groups is 2. The zero-order valence-electron chi connectivity index (χ0n) is 19.8. The fourth-order valence-electron chi connectivity index (χ4n) is 4.18. The SMILES string of the molecule is COCCOC(=O)N1CCc2cnc(C(=O)Nc3cccc(C(=N)N4C(=N)CCC4C)n3)cc2C1. The van der Waals surface area contributed by atoms with Crippen LogP contribution in [0, 0.1) is 10.8 Å². The topological polar surface area (TPSA) is 145 Å². The lowest BCUT2D eigenvalue weighted by Gasteiger charge is -2.28. The lowest BCUT2D eigenvalue weighted by atomic mass is 10.0. The third-order valence-corrected chi connectivity index (χ3v) is 6.10. The van der Waals surface area contributed by atoms with E-state index in [1.165, 1.54) is 0 Å². The summed E-state index contributed by atoms with van der Waals surface area (Å²) in [5.41, 5.74) is 2.40. The van der Waals surface area contributed by atoms with Gasteiger partial charge in [-0.3, -0.25) is 20.6 Å². The van der Waals surface area contributed by atoms with Gasteiger partial charge in [0.05, 0.1) is 6.61 Å². The minimum Gasteiger partial charge on any atom is -0.447 e. The lowest BCUT2D eigenvalue weighted by Crippen LogP contribution is -2.37. The third kappa shape index (κ3) is 5.46. The van der Waals surface area contributed by atoms with Crippen LogP contribution in [0.1, 0.15) is 47.1 Å². The van der Waals surface area contributed by atoms with Crippen LogP contribution in [-0.2, 0) is 22.4 Å². The summed E-state index contributed by atoms with van der Waals surface area (Å²) < 4.78 is 10.1. The second-order valence-corrected chi connectivity index (χ2v) is 8.53.